The van der Waals surface area contributed by atoms with Crippen molar-refractivity contribution in [3.05, 3.63) is 93.5 Å². The van der Waals surface area contributed by atoms with Gasteiger partial charge in [-0.25, -0.2) is 9.59 Å². The van der Waals surface area contributed by atoms with E-state index < -0.39 is 23.6 Å². The molecule has 1 N–H and O–H groups in total. The summed E-state index contributed by atoms with van der Waals surface area (Å²) in [5.74, 6) is -0.406. The van der Waals surface area contributed by atoms with Crippen LogP contribution in [0.1, 0.15) is 34.2 Å². The number of rotatable bonds is 7. The van der Waals surface area contributed by atoms with Gasteiger partial charge in [0.15, 0.2) is 6.10 Å². The van der Waals surface area contributed by atoms with E-state index in [-0.39, 0.29) is 11.3 Å². The fourth-order valence-corrected chi connectivity index (χ4v) is 2.95. The molecule has 160 valence electrons. The standard InChI is InChI=1S/C24H23NO6/c1-15-13-21(26)30-16(2)22(15)24(28)31-17(3)23(27)25-19-9-11-20(12-10-19)29-14-18-7-5-4-6-8-18/h4-13,17H,14H2,1-3H3,(H,25,27). The van der Waals surface area contributed by atoms with Gasteiger partial charge in [0, 0.05) is 11.8 Å². The average Bonchev–Trinajstić information content (AvgIpc) is 2.73. The van der Waals surface area contributed by atoms with Crippen molar-refractivity contribution in [2.45, 2.75) is 33.5 Å². The maximum absolute atomic E-state index is 12.4. The van der Waals surface area contributed by atoms with Crippen molar-refractivity contribution in [1.82, 2.24) is 0 Å². The molecule has 0 aliphatic heterocycles. The van der Waals surface area contributed by atoms with Gasteiger partial charge in [-0.1, -0.05) is 30.3 Å². The van der Waals surface area contributed by atoms with Crippen LogP contribution in [0, 0.1) is 13.8 Å². The minimum Gasteiger partial charge on any atom is -0.489 e. The molecule has 2 aromatic carbocycles. The molecule has 0 bridgehead atoms. The molecular formula is C24H23NO6. The van der Waals surface area contributed by atoms with Crippen molar-refractivity contribution in [3.8, 4) is 5.75 Å². The molecule has 1 aromatic heterocycles. The van der Waals surface area contributed by atoms with Crippen LogP contribution in [0.5, 0.6) is 5.75 Å². The zero-order chi connectivity index (χ0) is 22.4. The summed E-state index contributed by atoms with van der Waals surface area (Å²) in [4.78, 5) is 36.2. The van der Waals surface area contributed by atoms with Crippen LogP contribution in [0.4, 0.5) is 5.69 Å². The van der Waals surface area contributed by atoms with Crippen molar-refractivity contribution in [3.63, 3.8) is 0 Å². The Kier molecular flexibility index (Phi) is 6.87. The fourth-order valence-electron chi connectivity index (χ4n) is 2.95. The number of hydrogen-bond acceptors (Lipinski definition) is 6. The molecule has 0 aliphatic rings. The number of esters is 1. The Balaban J connectivity index is 1.56. The van der Waals surface area contributed by atoms with Crippen LogP contribution in [-0.2, 0) is 16.1 Å². The first kappa shape index (κ1) is 21.8. The third kappa shape index (κ3) is 5.82. The zero-order valence-electron chi connectivity index (χ0n) is 17.5. The van der Waals surface area contributed by atoms with Gasteiger partial charge in [0.05, 0.1) is 0 Å². The lowest BCUT2D eigenvalue weighted by molar-refractivity contribution is -0.123. The van der Waals surface area contributed by atoms with Crippen LogP contribution in [0.15, 0.2) is 69.9 Å². The highest BCUT2D eigenvalue weighted by Crippen LogP contribution is 2.18. The van der Waals surface area contributed by atoms with E-state index in [4.69, 9.17) is 13.9 Å². The molecule has 1 atom stereocenters. The molecule has 0 fully saturated rings. The maximum Gasteiger partial charge on any atom is 0.342 e. The van der Waals surface area contributed by atoms with E-state index in [1.165, 1.54) is 19.9 Å². The third-order valence-electron chi connectivity index (χ3n) is 4.56. The van der Waals surface area contributed by atoms with E-state index in [0.29, 0.717) is 23.6 Å². The zero-order valence-corrected chi connectivity index (χ0v) is 17.5. The van der Waals surface area contributed by atoms with Crippen molar-refractivity contribution in [2.24, 2.45) is 0 Å². The summed E-state index contributed by atoms with van der Waals surface area (Å²) in [5.41, 5.74) is 1.61. The molecule has 1 heterocycles. The quantitative estimate of drug-likeness (QED) is 0.579. The molecule has 1 amide bonds. The van der Waals surface area contributed by atoms with Crippen LogP contribution in [0.2, 0.25) is 0 Å². The van der Waals surface area contributed by atoms with Crippen molar-refractivity contribution in [1.29, 1.82) is 0 Å². The highest BCUT2D eigenvalue weighted by molar-refractivity contribution is 5.98. The summed E-state index contributed by atoms with van der Waals surface area (Å²) in [6, 6.07) is 17.9. The number of carbonyl (C=O) groups excluding carboxylic acids is 2. The lowest BCUT2D eigenvalue weighted by Gasteiger charge is -2.15. The van der Waals surface area contributed by atoms with Gasteiger partial charge in [0.2, 0.25) is 0 Å². The van der Waals surface area contributed by atoms with E-state index in [2.05, 4.69) is 5.32 Å². The van der Waals surface area contributed by atoms with E-state index in [9.17, 15) is 14.4 Å². The predicted octanol–water partition coefficient (Wildman–Crippen LogP) is 4.02. The highest BCUT2D eigenvalue weighted by Gasteiger charge is 2.23. The van der Waals surface area contributed by atoms with Gasteiger partial charge in [0.25, 0.3) is 5.91 Å². The summed E-state index contributed by atoms with van der Waals surface area (Å²) in [5, 5.41) is 2.69. The van der Waals surface area contributed by atoms with E-state index >= 15 is 0 Å². The van der Waals surface area contributed by atoms with Gasteiger partial charge < -0.3 is 19.2 Å². The van der Waals surface area contributed by atoms with E-state index in [1.54, 1.807) is 31.2 Å². The van der Waals surface area contributed by atoms with Crippen LogP contribution in [0.3, 0.4) is 0 Å². The summed E-state index contributed by atoms with van der Waals surface area (Å²) in [6.07, 6.45) is -1.05. The number of benzene rings is 2. The fraction of sp³-hybridized carbons (Fsp3) is 0.208. The monoisotopic (exact) mass is 421 g/mol. The number of hydrogen-bond donors (Lipinski definition) is 1. The number of carbonyl (C=O) groups is 2. The SMILES string of the molecule is Cc1cc(=O)oc(C)c1C(=O)OC(C)C(=O)Nc1ccc(OCc2ccccc2)cc1. The number of anilines is 1. The molecule has 31 heavy (non-hydrogen) atoms. The Morgan fingerprint density at radius 1 is 1.03 bits per heavy atom. The first-order chi connectivity index (χ1) is 14.8. The lowest BCUT2D eigenvalue weighted by Crippen LogP contribution is -2.30. The number of ether oxygens (including phenoxy) is 2. The molecule has 0 saturated carbocycles. The first-order valence-electron chi connectivity index (χ1n) is 9.73. The van der Waals surface area contributed by atoms with Gasteiger partial charge in [-0.05, 0) is 56.2 Å². The van der Waals surface area contributed by atoms with Crippen LogP contribution < -0.4 is 15.7 Å². The predicted molar refractivity (Wildman–Crippen MR) is 115 cm³/mol. The van der Waals surface area contributed by atoms with Crippen molar-refractivity contribution in [2.75, 3.05) is 5.32 Å². The lowest BCUT2D eigenvalue weighted by atomic mass is 10.1. The van der Waals surface area contributed by atoms with E-state index in [1.807, 2.05) is 30.3 Å². The average molecular weight is 421 g/mol. The molecule has 7 nitrogen and oxygen atoms in total. The van der Waals surface area contributed by atoms with Gasteiger partial charge >= 0.3 is 11.6 Å². The third-order valence-corrected chi connectivity index (χ3v) is 4.56. The van der Waals surface area contributed by atoms with Crippen molar-refractivity contribution < 1.29 is 23.5 Å². The topological polar surface area (TPSA) is 94.8 Å². The Morgan fingerprint density at radius 3 is 2.35 bits per heavy atom. The van der Waals surface area contributed by atoms with Crippen LogP contribution in [0.25, 0.3) is 0 Å². The van der Waals surface area contributed by atoms with Crippen LogP contribution in [-0.4, -0.2) is 18.0 Å². The molecule has 3 rings (SSSR count). The first-order valence-corrected chi connectivity index (χ1v) is 9.73. The molecule has 0 aliphatic carbocycles. The minimum absolute atomic E-state index is 0.138. The normalized spacial score (nSPS) is 11.5. The van der Waals surface area contributed by atoms with Gasteiger partial charge in [-0.15, -0.1) is 0 Å². The summed E-state index contributed by atoms with van der Waals surface area (Å²) >= 11 is 0. The summed E-state index contributed by atoms with van der Waals surface area (Å²) in [6.45, 7) is 5.01. The maximum atomic E-state index is 12.4. The Morgan fingerprint density at radius 2 is 1.71 bits per heavy atom. The molecular weight excluding hydrogens is 398 g/mol. The van der Waals surface area contributed by atoms with Gasteiger partial charge in [0.1, 0.15) is 23.7 Å². The highest BCUT2D eigenvalue weighted by atomic mass is 16.5. The smallest absolute Gasteiger partial charge is 0.342 e. The summed E-state index contributed by atoms with van der Waals surface area (Å²) in [7, 11) is 0. The molecule has 3 aromatic rings. The van der Waals surface area contributed by atoms with Crippen LogP contribution >= 0.6 is 0 Å². The summed E-state index contributed by atoms with van der Waals surface area (Å²) < 4.78 is 15.9. The molecule has 0 spiro atoms. The Bertz CT molecular complexity index is 1090. The molecule has 0 radical (unpaired) electrons. The molecule has 1 unspecified atom stereocenters. The second kappa shape index (κ2) is 9.75. The van der Waals surface area contributed by atoms with Gasteiger partial charge in [-0.3, -0.25) is 4.79 Å². The molecule has 0 saturated heterocycles. The van der Waals surface area contributed by atoms with Crippen molar-refractivity contribution >= 4 is 17.6 Å². The second-order valence-electron chi connectivity index (χ2n) is 7.02. The largest absolute Gasteiger partial charge is 0.489 e. The van der Waals surface area contributed by atoms with E-state index in [0.717, 1.165) is 5.56 Å². The number of amides is 1. The number of aryl methyl sites for hydroxylation is 2. The Labute approximate surface area is 179 Å². The van der Waals surface area contributed by atoms with Gasteiger partial charge in [-0.2, -0.15) is 0 Å². The number of nitrogens with one attached hydrogen (secondary N) is 1. The molecule has 7 heteroatoms. The minimum atomic E-state index is -1.05. The Hall–Kier alpha value is -3.87. The second-order valence-corrected chi connectivity index (χ2v) is 7.02.